The van der Waals surface area contributed by atoms with Crippen LogP contribution in [0.15, 0.2) is 12.1 Å². The summed E-state index contributed by atoms with van der Waals surface area (Å²) in [5, 5.41) is 0. The number of benzene rings is 1. The maximum Gasteiger partial charge on any atom is 0.307 e. The zero-order chi connectivity index (χ0) is 14.7. The second-order valence-corrected chi connectivity index (χ2v) is 4.60. The van der Waals surface area contributed by atoms with Crippen LogP contribution in [0.5, 0.6) is 5.75 Å². The van der Waals surface area contributed by atoms with Crippen LogP contribution in [0.1, 0.15) is 23.2 Å². The molecule has 6 heteroatoms. The monoisotopic (exact) mass is 278 g/mol. The van der Waals surface area contributed by atoms with E-state index in [2.05, 4.69) is 4.74 Å². The highest BCUT2D eigenvalue weighted by Crippen LogP contribution is 2.35. The summed E-state index contributed by atoms with van der Waals surface area (Å²) in [7, 11) is 2.89. The molecule has 108 valence electrons. The van der Waals surface area contributed by atoms with Crippen LogP contribution in [0.2, 0.25) is 0 Å². The summed E-state index contributed by atoms with van der Waals surface area (Å²) >= 11 is 0. The highest BCUT2D eigenvalue weighted by atomic mass is 16.5. The second kappa shape index (κ2) is 5.81. The molecule has 20 heavy (non-hydrogen) atoms. The number of rotatable bonds is 4. The van der Waals surface area contributed by atoms with Crippen LogP contribution in [-0.4, -0.2) is 39.1 Å². The summed E-state index contributed by atoms with van der Waals surface area (Å²) in [6, 6.07) is 3.39. The van der Waals surface area contributed by atoms with Gasteiger partial charge in [-0.3, -0.25) is 9.59 Å². The summed E-state index contributed by atoms with van der Waals surface area (Å²) in [5.41, 5.74) is 7.62. The number of nitrogens with two attached hydrogens (primary N) is 1. The van der Waals surface area contributed by atoms with Gasteiger partial charge in [-0.25, -0.2) is 0 Å². The van der Waals surface area contributed by atoms with Crippen molar-refractivity contribution in [1.82, 2.24) is 0 Å². The molecule has 0 radical (unpaired) electrons. The summed E-state index contributed by atoms with van der Waals surface area (Å²) in [5.74, 6) is 0.316. The molecule has 0 aromatic heterocycles. The quantitative estimate of drug-likeness (QED) is 0.659. The zero-order valence-corrected chi connectivity index (χ0v) is 11.6. The average Bonchev–Trinajstić information content (AvgIpc) is 2.46. The van der Waals surface area contributed by atoms with E-state index in [9.17, 15) is 9.59 Å². The predicted molar refractivity (Wildman–Crippen MR) is 75.2 cm³/mol. The third kappa shape index (κ3) is 2.68. The first-order valence-electron chi connectivity index (χ1n) is 6.39. The topological polar surface area (TPSA) is 81.9 Å². The Morgan fingerprint density at radius 1 is 1.40 bits per heavy atom. The molecule has 0 atom stereocenters. The average molecular weight is 278 g/mol. The summed E-state index contributed by atoms with van der Waals surface area (Å²) in [6.45, 7) is 1.08. The maximum absolute atomic E-state index is 12.0. The van der Waals surface area contributed by atoms with E-state index in [-0.39, 0.29) is 18.2 Å². The van der Waals surface area contributed by atoms with E-state index < -0.39 is 0 Å². The van der Waals surface area contributed by atoms with Gasteiger partial charge in [0.15, 0.2) is 5.78 Å². The molecule has 0 spiro atoms. The molecule has 2 rings (SSSR count). The van der Waals surface area contributed by atoms with Crippen LogP contribution in [0, 0.1) is 0 Å². The van der Waals surface area contributed by atoms with Crippen LogP contribution in [0.4, 0.5) is 11.4 Å². The van der Waals surface area contributed by atoms with E-state index in [0.717, 1.165) is 5.69 Å². The SMILES string of the molecule is COC(=O)CCN1CCC(=O)c2cc(N)c(OC)cc21. The zero-order valence-electron chi connectivity index (χ0n) is 11.6. The number of nitrogen functional groups attached to an aromatic ring is 1. The van der Waals surface area contributed by atoms with E-state index in [4.69, 9.17) is 10.5 Å². The Hall–Kier alpha value is -2.24. The Bertz CT molecular complexity index is 542. The number of ether oxygens (including phenoxy) is 2. The number of carbonyl (C=O) groups excluding carboxylic acids is 2. The Morgan fingerprint density at radius 2 is 2.15 bits per heavy atom. The number of Topliss-reactive ketones (excluding diaryl/α,β-unsaturated/α-hetero) is 1. The minimum atomic E-state index is -0.272. The van der Waals surface area contributed by atoms with E-state index in [1.165, 1.54) is 14.2 Å². The van der Waals surface area contributed by atoms with E-state index in [1.54, 1.807) is 12.1 Å². The van der Waals surface area contributed by atoms with Crippen molar-refractivity contribution in [2.24, 2.45) is 0 Å². The van der Waals surface area contributed by atoms with Crippen LogP contribution < -0.4 is 15.4 Å². The second-order valence-electron chi connectivity index (χ2n) is 4.60. The molecule has 0 fully saturated rings. The minimum absolute atomic E-state index is 0.0590. The van der Waals surface area contributed by atoms with Crippen molar-refractivity contribution in [2.75, 3.05) is 37.9 Å². The van der Waals surface area contributed by atoms with Gasteiger partial charge in [-0.2, -0.15) is 0 Å². The van der Waals surface area contributed by atoms with Crippen molar-refractivity contribution in [3.63, 3.8) is 0 Å². The van der Waals surface area contributed by atoms with Crippen molar-refractivity contribution < 1.29 is 19.1 Å². The van der Waals surface area contributed by atoms with Gasteiger partial charge >= 0.3 is 5.97 Å². The van der Waals surface area contributed by atoms with Gasteiger partial charge in [0.1, 0.15) is 5.75 Å². The first-order valence-corrected chi connectivity index (χ1v) is 6.39. The van der Waals surface area contributed by atoms with E-state index >= 15 is 0 Å². The van der Waals surface area contributed by atoms with Gasteiger partial charge in [-0.15, -0.1) is 0 Å². The van der Waals surface area contributed by atoms with Crippen LogP contribution in [-0.2, 0) is 9.53 Å². The molecule has 0 aliphatic carbocycles. The molecule has 6 nitrogen and oxygen atoms in total. The normalized spacial score (nSPS) is 13.9. The maximum atomic E-state index is 12.0. The highest BCUT2D eigenvalue weighted by Gasteiger charge is 2.25. The van der Waals surface area contributed by atoms with E-state index in [1.807, 2.05) is 4.90 Å². The number of carbonyl (C=O) groups is 2. The predicted octanol–water partition coefficient (Wildman–Crippen LogP) is 1.23. The molecule has 0 bridgehead atoms. The molecule has 1 aliphatic rings. The molecular formula is C14H18N2O4. The van der Waals surface area contributed by atoms with Crippen molar-refractivity contribution in [1.29, 1.82) is 0 Å². The molecule has 0 amide bonds. The molecule has 1 aromatic rings. The molecule has 2 N–H and O–H groups in total. The Balaban J connectivity index is 2.29. The van der Waals surface area contributed by atoms with Crippen molar-refractivity contribution in [3.05, 3.63) is 17.7 Å². The lowest BCUT2D eigenvalue weighted by molar-refractivity contribution is -0.140. The first kappa shape index (κ1) is 14.2. The van der Waals surface area contributed by atoms with Crippen molar-refractivity contribution in [3.8, 4) is 5.75 Å². The lowest BCUT2D eigenvalue weighted by Gasteiger charge is -2.30. The Morgan fingerprint density at radius 3 is 2.80 bits per heavy atom. The largest absolute Gasteiger partial charge is 0.495 e. The number of hydrogen-bond acceptors (Lipinski definition) is 6. The smallest absolute Gasteiger partial charge is 0.307 e. The van der Waals surface area contributed by atoms with Crippen LogP contribution in [0.3, 0.4) is 0 Å². The van der Waals surface area contributed by atoms with Gasteiger partial charge in [-0.1, -0.05) is 0 Å². The van der Waals surface area contributed by atoms with Gasteiger partial charge in [0.25, 0.3) is 0 Å². The molecule has 0 saturated carbocycles. The van der Waals surface area contributed by atoms with Crippen molar-refractivity contribution >= 4 is 23.1 Å². The number of hydrogen-bond donors (Lipinski definition) is 1. The Kier molecular flexibility index (Phi) is 4.12. The molecule has 0 saturated heterocycles. The summed E-state index contributed by atoms with van der Waals surface area (Å²) < 4.78 is 9.82. The van der Waals surface area contributed by atoms with Gasteiger partial charge in [-0.05, 0) is 6.07 Å². The Labute approximate surface area is 117 Å². The summed E-state index contributed by atoms with van der Waals surface area (Å²) in [6.07, 6.45) is 0.691. The number of nitrogens with zero attached hydrogens (tertiary/aromatic N) is 1. The first-order chi connectivity index (χ1) is 9.56. The fraction of sp³-hybridized carbons (Fsp3) is 0.429. The van der Waals surface area contributed by atoms with Gasteiger partial charge < -0.3 is 20.1 Å². The van der Waals surface area contributed by atoms with E-state index in [0.29, 0.717) is 36.5 Å². The van der Waals surface area contributed by atoms with Crippen LogP contribution >= 0.6 is 0 Å². The van der Waals surface area contributed by atoms with Gasteiger partial charge in [0.05, 0.1) is 32.0 Å². The number of methoxy groups -OCH3 is 2. The summed E-state index contributed by atoms with van der Waals surface area (Å²) in [4.78, 5) is 25.2. The fourth-order valence-corrected chi connectivity index (χ4v) is 2.30. The number of anilines is 2. The number of esters is 1. The lowest BCUT2D eigenvalue weighted by Crippen LogP contribution is -2.34. The molecule has 1 heterocycles. The minimum Gasteiger partial charge on any atom is -0.495 e. The highest BCUT2D eigenvalue weighted by molar-refractivity contribution is 6.04. The molecule has 1 aromatic carbocycles. The third-order valence-electron chi connectivity index (χ3n) is 3.41. The lowest BCUT2D eigenvalue weighted by atomic mass is 9.99. The molecule has 0 unspecified atom stereocenters. The number of ketones is 1. The third-order valence-corrected chi connectivity index (χ3v) is 3.41. The molecular weight excluding hydrogens is 260 g/mol. The molecule has 1 aliphatic heterocycles. The van der Waals surface area contributed by atoms with Gasteiger partial charge in [0, 0.05) is 31.1 Å². The standard InChI is InChI=1S/C14H18N2O4/c1-19-13-8-11-9(7-10(13)15)12(17)3-5-16(11)6-4-14(18)20-2/h7-8H,3-6,15H2,1-2H3. The number of fused-ring (bicyclic) bond motifs is 1. The van der Waals surface area contributed by atoms with Crippen molar-refractivity contribution in [2.45, 2.75) is 12.8 Å². The van der Waals surface area contributed by atoms with Gasteiger partial charge in [0.2, 0.25) is 0 Å². The van der Waals surface area contributed by atoms with Crippen LogP contribution in [0.25, 0.3) is 0 Å². The fourth-order valence-electron chi connectivity index (χ4n) is 2.30.